The maximum absolute atomic E-state index is 3.53. The van der Waals surface area contributed by atoms with Gasteiger partial charge in [0.2, 0.25) is 0 Å². The van der Waals surface area contributed by atoms with Crippen LogP contribution in [0.15, 0.2) is 0 Å². The van der Waals surface area contributed by atoms with Crippen molar-refractivity contribution < 1.29 is 0 Å². The molecule has 1 saturated carbocycles. The highest BCUT2D eigenvalue weighted by Crippen LogP contribution is 2.33. The van der Waals surface area contributed by atoms with E-state index in [9.17, 15) is 0 Å². The number of nitrogens with one attached hydrogen (secondary N) is 1. The summed E-state index contributed by atoms with van der Waals surface area (Å²) in [7, 11) is 2.14. The highest BCUT2D eigenvalue weighted by atomic mass is 15.1. The second kappa shape index (κ2) is 6.75. The molecule has 2 fully saturated rings. The molecular weight excluding hydrogens is 208 g/mol. The lowest BCUT2D eigenvalue weighted by molar-refractivity contribution is 0.240. The van der Waals surface area contributed by atoms with Crippen LogP contribution in [-0.4, -0.2) is 37.6 Å². The van der Waals surface area contributed by atoms with Crippen LogP contribution < -0.4 is 5.32 Å². The Hall–Kier alpha value is -0.0800. The van der Waals surface area contributed by atoms with Gasteiger partial charge >= 0.3 is 0 Å². The monoisotopic (exact) mass is 238 g/mol. The molecule has 2 atom stereocenters. The van der Waals surface area contributed by atoms with Crippen LogP contribution in [0.5, 0.6) is 0 Å². The topological polar surface area (TPSA) is 15.3 Å². The van der Waals surface area contributed by atoms with Crippen molar-refractivity contribution in [2.75, 3.05) is 26.7 Å². The third-order valence-corrected chi connectivity index (χ3v) is 4.65. The van der Waals surface area contributed by atoms with Crippen molar-refractivity contribution in [3.63, 3.8) is 0 Å². The SMILES string of the molecule is CCCC1CCCN(CC(NC)C2CC2)CC1. The van der Waals surface area contributed by atoms with Crippen molar-refractivity contribution in [1.82, 2.24) is 10.2 Å². The maximum atomic E-state index is 3.53. The van der Waals surface area contributed by atoms with Crippen molar-refractivity contribution in [1.29, 1.82) is 0 Å². The van der Waals surface area contributed by atoms with Crippen LogP contribution in [0.2, 0.25) is 0 Å². The van der Waals surface area contributed by atoms with E-state index in [1.807, 2.05) is 0 Å². The van der Waals surface area contributed by atoms with Gasteiger partial charge in [-0.1, -0.05) is 19.8 Å². The summed E-state index contributed by atoms with van der Waals surface area (Å²) in [6.07, 6.45) is 10.1. The van der Waals surface area contributed by atoms with E-state index in [1.54, 1.807) is 0 Å². The standard InChI is InChI=1S/C15H30N2/c1-3-5-13-6-4-10-17(11-9-13)12-15(16-2)14-7-8-14/h13-16H,3-12H2,1-2H3. The Bertz CT molecular complexity index is 213. The minimum Gasteiger partial charge on any atom is -0.315 e. The molecule has 2 rings (SSSR count). The van der Waals surface area contributed by atoms with Crippen LogP contribution in [0.3, 0.4) is 0 Å². The smallest absolute Gasteiger partial charge is 0.0220 e. The first-order valence-electron chi connectivity index (χ1n) is 7.73. The Morgan fingerprint density at radius 2 is 2.00 bits per heavy atom. The number of hydrogen-bond acceptors (Lipinski definition) is 2. The van der Waals surface area contributed by atoms with Crippen molar-refractivity contribution in [3.05, 3.63) is 0 Å². The normalized spacial score (nSPS) is 28.9. The first-order chi connectivity index (χ1) is 8.33. The zero-order valence-electron chi connectivity index (χ0n) is 11.8. The molecule has 17 heavy (non-hydrogen) atoms. The molecule has 1 saturated heterocycles. The predicted molar refractivity (Wildman–Crippen MR) is 74.3 cm³/mol. The fourth-order valence-corrected chi connectivity index (χ4v) is 3.36. The van der Waals surface area contributed by atoms with Gasteiger partial charge in [0.15, 0.2) is 0 Å². The number of likely N-dealkylation sites (tertiary alicyclic amines) is 1. The first-order valence-corrected chi connectivity index (χ1v) is 7.73. The first kappa shape index (κ1) is 13.4. The molecular formula is C15H30N2. The number of likely N-dealkylation sites (N-methyl/N-ethyl adjacent to an activating group) is 1. The van der Waals surface area contributed by atoms with Crippen molar-refractivity contribution >= 4 is 0 Å². The summed E-state index contributed by atoms with van der Waals surface area (Å²) in [5.74, 6) is 1.99. The minimum atomic E-state index is 0.762. The number of nitrogens with zero attached hydrogens (tertiary/aromatic N) is 1. The predicted octanol–water partition coefficient (Wildman–Crippen LogP) is 2.89. The van der Waals surface area contributed by atoms with Crippen LogP contribution in [0.1, 0.15) is 51.9 Å². The highest BCUT2D eigenvalue weighted by Gasteiger charge is 2.31. The molecule has 0 aromatic rings. The van der Waals surface area contributed by atoms with Gasteiger partial charge in [-0.2, -0.15) is 0 Å². The molecule has 0 spiro atoms. The van der Waals surface area contributed by atoms with E-state index in [-0.39, 0.29) is 0 Å². The van der Waals surface area contributed by atoms with Gasteiger partial charge in [0, 0.05) is 12.6 Å². The number of hydrogen-bond donors (Lipinski definition) is 1. The second-order valence-corrected chi connectivity index (χ2v) is 6.12. The zero-order chi connectivity index (χ0) is 12.1. The van der Waals surface area contributed by atoms with E-state index in [1.165, 1.54) is 64.6 Å². The average molecular weight is 238 g/mol. The van der Waals surface area contributed by atoms with Crippen molar-refractivity contribution in [3.8, 4) is 0 Å². The van der Waals surface area contributed by atoms with Gasteiger partial charge in [0.25, 0.3) is 0 Å². The lowest BCUT2D eigenvalue weighted by Gasteiger charge is -2.26. The van der Waals surface area contributed by atoms with E-state index in [4.69, 9.17) is 0 Å². The minimum absolute atomic E-state index is 0.762. The van der Waals surface area contributed by atoms with E-state index < -0.39 is 0 Å². The molecule has 1 N–H and O–H groups in total. The largest absolute Gasteiger partial charge is 0.315 e. The summed E-state index contributed by atoms with van der Waals surface area (Å²) in [6.45, 7) is 6.30. The Kier molecular flexibility index (Phi) is 5.30. The van der Waals surface area contributed by atoms with Gasteiger partial charge in [-0.25, -0.2) is 0 Å². The third-order valence-electron chi connectivity index (χ3n) is 4.65. The van der Waals surface area contributed by atoms with Gasteiger partial charge in [0.1, 0.15) is 0 Å². The summed E-state index contributed by atoms with van der Waals surface area (Å²) in [5.41, 5.74) is 0. The van der Waals surface area contributed by atoms with Crippen LogP contribution >= 0.6 is 0 Å². The van der Waals surface area contributed by atoms with Crippen LogP contribution in [0.25, 0.3) is 0 Å². The summed E-state index contributed by atoms with van der Waals surface area (Å²) in [5, 5.41) is 3.53. The molecule has 1 heterocycles. The third kappa shape index (κ3) is 4.26. The van der Waals surface area contributed by atoms with Crippen molar-refractivity contribution in [2.24, 2.45) is 11.8 Å². The molecule has 2 unspecified atom stereocenters. The maximum Gasteiger partial charge on any atom is 0.0220 e. The highest BCUT2D eigenvalue weighted by molar-refractivity contribution is 4.88. The van der Waals surface area contributed by atoms with Gasteiger partial charge in [-0.15, -0.1) is 0 Å². The molecule has 100 valence electrons. The molecule has 2 aliphatic rings. The molecule has 0 aromatic carbocycles. The van der Waals surface area contributed by atoms with E-state index >= 15 is 0 Å². The fraction of sp³-hybridized carbons (Fsp3) is 1.00. The van der Waals surface area contributed by atoms with Gasteiger partial charge < -0.3 is 10.2 Å². The van der Waals surface area contributed by atoms with Crippen LogP contribution in [0, 0.1) is 11.8 Å². The Labute approximate surface area is 107 Å². The molecule has 0 radical (unpaired) electrons. The fourth-order valence-electron chi connectivity index (χ4n) is 3.36. The van der Waals surface area contributed by atoms with Crippen molar-refractivity contribution in [2.45, 2.75) is 57.9 Å². The molecule has 0 aromatic heterocycles. The Morgan fingerprint density at radius 1 is 1.18 bits per heavy atom. The summed E-state index contributed by atoms with van der Waals surface area (Å²) < 4.78 is 0. The Morgan fingerprint density at radius 3 is 2.65 bits per heavy atom. The summed E-state index contributed by atoms with van der Waals surface area (Å²) in [4.78, 5) is 2.72. The van der Waals surface area contributed by atoms with Crippen LogP contribution in [-0.2, 0) is 0 Å². The number of rotatable bonds is 6. The van der Waals surface area contributed by atoms with Gasteiger partial charge in [0.05, 0.1) is 0 Å². The summed E-state index contributed by atoms with van der Waals surface area (Å²) >= 11 is 0. The average Bonchev–Trinajstić information content (AvgIpc) is 3.14. The van der Waals surface area contributed by atoms with E-state index in [2.05, 4.69) is 24.2 Å². The van der Waals surface area contributed by atoms with E-state index in [0.717, 1.165) is 17.9 Å². The molecule has 2 nitrogen and oxygen atoms in total. The quantitative estimate of drug-likeness (QED) is 0.765. The summed E-state index contributed by atoms with van der Waals surface area (Å²) in [6, 6.07) is 0.762. The molecule has 1 aliphatic heterocycles. The zero-order valence-corrected chi connectivity index (χ0v) is 11.8. The molecule has 0 bridgehead atoms. The molecule has 2 heteroatoms. The lowest BCUT2D eigenvalue weighted by atomic mass is 9.96. The second-order valence-electron chi connectivity index (χ2n) is 6.12. The Balaban J connectivity index is 1.73. The van der Waals surface area contributed by atoms with Gasteiger partial charge in [-0.05, 0) is 64.1 Å². The van der Waals surface area contributed by atoms with Crippen LogP contribution in [0.4, 0.5) is 0 Å². The molecule has 0 amide bonds. The van der Waals surface area contributed by atoms with Gasteiger partial charge in [-0.3, -0.25) is 0 Å². The molecule has 1 aliphatic carbocycles. The van der Waals surface area contributed by atoms with E-state index in [0.29, 0.717) is 0 Å². The lowest BCUT2D eigenvalue weighted by Crippen LogP contribution is -2.41.